The number of carboxylic acids is 1. The van der Waals surface area contributed by atoms with Crippen LogP contribution in [0.5, 0.6) is 5.75 Å². The normalized spacial score (nSPS) is 11.3. The van der Waals surface area contributed by atoms with Crippen LogP contribution in [0.4, 0.5) is 5.95 Å². The molecule has 1 heterocycles. The van der Waals surface area contributed by atoms with Gasteiger partial charge in [-0.05, 0) is 69.4 Å². The summed E-state index contributed by atoms with van der Waals surface area (Å²) >= 11 is 0. The van der Waals surface area contributed by atoms with E-state index in [1.807, 2.05) is 36.7 Å². The highest BCUT2D eigenvalue weighted by atomic mass is 16.5. The summed E-state index contributed by atoms with van der Waals surface area (Å²) in [4.78, 5) is 22.7. The molecule has 0 fully saturated rings. The molecule has 1 N–H and O–H groups in total. The lowest BCUT2D eigenvalue weighted by Gasteiger charge is -2.24. The maximum Gasteiger partial charge on any atom is 0.347 e. The van der Waals surface area contributed by atoms with Crippen molar-refractivity contribution in [2.24, 2.45) is 0 Å². The molecular formula is C27H33N3O3. The molecule has 0 saturated carbocycles. The average molecular weight is 448 g/mol. The highest BCUT2D eigenvalue weighted by molar-refractivity contribution is 5.76. The molecule has 0 unspecified atom stereocenters. The Bertz CT molecular complexity index is 1060. The topological polar surface area (TPSA) is 75.6 Å². The van der Waals surface area contributed by atoms with Gasteiger partial charge in [-0.25, -0.2) is 14.8 Å². The molecule has 3 rings (SSSR count). The first-order chi connectivity index (χ1) is 15.7. The molecular weight excluding hydrogens is 414 g/mol. The minimum atomic E-state index is -1.27. The second kappa shape index (κ2) is 10.5. The number of carboxylic acid groups (broad SMARTS) is 1. The zero-order valence-corrected chi connectivity index (χ0v) is 20.1. The molecule has 6 heteroatoms. The molecule has 6 nitrogen and oxygen atoms in total. The van der Waals surface area contributed by atoms with Crippen LogP contribution in [-0.2, 0) is 24.2 Å². The van der Waals surface area contributed by atoms with Crippen LogP contribution in [0.2, 0.25) is 0 Å². The number of rotatable bonds is 10. The SMILES string of the molecule is CCc1cnc(N(CCc2ccc(OC(C)(C)C(=O)O)cc2)Cc2cc(C)cc(C)c2)nc1. The van der Waals surface area contributed by atoms with Gasteiger partial charge in [-0.3, -0.25) is 0 Å². The summed E-state index contributed by atoms with van der Waals surface area (Å²) in [5, 5.41) is 9.26. The Morgan fingerprint density at radius 2 is 1.58 bits per heavy atom. The molecule has 2 aromatic carbocycles. The molecule has 0 amide bonds. The van der Waals surface area contributed by atoms with E-state index in [1.165, 1.54) is 30.5 Å². The van der Waals surface area contributed by atoms with Crippen molar-refractivity contribution >= 4 is 11.9 Å². The number of aryl methyl sites for hydroxylation is 3. The number of benzene rings is 2. The lowest BCUT2D eigenvalue weighted by molar-refractivity contribution is -0.152. The average Bonchev–Trinajstić information content (AvgIpc) is 2.77. The molecule has 0 aliphatic heterocycles. The van der Waals surface area contributed by atoms with Crippen molar-refractivity contribution in [2.75, 3.05) is 11.4 Å². The van der Waals surface area contributed by atoms with Gasteiger partial charge in [0.2, 0.25) is 5.95 Å². The van der Waals surface area contributed by atoms with Crippen LogP contribution in [0.15, 0.2) is 54.9 Å². The van der Waals surface area contributed by atoms with Crippen molar-refractivity contribution in [3.05, 3.63) is 82.7 Å². The monoisotopic (exact) mass is 447 g/mol. The summed E-state index contributed by atoms with van der Waals surface area (Å²) in [6.45, 7) is 10.9. The van der Waals surface area contributed by atoms with Crippen LogP contribution < -0.4 is 9.64 Å². The highest BCUT2D eigenvalue weighted by Gasteiger charge is 2.29. The van der Waals surface area contributed by atoms with Crippen LogP contribution in [-0.4, -0.2) is 33.2 Å². The molecule has 174 valence electrons. The van der Waals surface area contributed by atoms with Gasteiger partial charge < -0.3 is 14.7 Å². The van der Waals surface area contributed by atoms with Crippen LogP contribution >= 0.6 is 0 Å². The maximum atomic E-state index is 11.3. The number of hydrogen-bond donors (Lipinski definition) is 1. The minimum absolute atomic E-state index is 0.539. The fraction of sp³-hybridized carbons (Fsp3) is 0.370. The van der Waals surface area contributed by atoms with E-state index in [-0.39, 0.29) is 0 Å². The molecule has 0 spiro atoms. The summed E-state index contributed by atoms with van der Waals surface area (Å²) in [5.74, 6) is 0.258. The lowest BCUT2D eigenvalue weighted by Crippen LogP contribution is -2.37. The molecule has 1 aromatic heterocycles. The van der Waals surface area contributed by atoms with Gasteiger partial charge in [0.15, 0.2) is 5.60 Å². The van der Waals surface area contributed by atoms with E-state index >= 15 is 0 Å². The summed E-state index contributed by atoms with van der Waals surface area (Å²) in [5.41, 5.74) is 4.69. The van der Waals surface area contributed by atoms with Crippen LogP contribution in [0, 0.1) is 13.8 Å². The van der Waals surface area contributed by atoms with E-state index in [4.69, 9.17) is 4.74 Å². The van der Waals surface area contributed by atoms with Crippen molar-refractivity contribution < 1.29 is 14.6 Å². The number of aromatic nitrogens is 2. The standard InChI is InChI=1S/C27H33N3O3/c1-6-21-16-28-26(29-17-21)30(18-23-14-19(2)13-20(3)15-23)12-11-22-7-9-24(10-8-22)33-27(4,5)25(31)32/h7-10,13-17H,6,11-12,18H2,1-5H3,(H,31,32). The quantitative estimate of drug-likeness (QED) is 0.463. The maximum absolute atomic E-state index is 11.3. The molecule has 0 bridgehead atoms. The Labute approximate surface area is 196 Å². The fourth-order valence-electron chi connectivity index (χ4n) is 3.65. The van der Waals surface area contributed by atoms with Crippen LogP contribution in [0.1, 0.15) is 48.6 Å². The van der Waals surface area contributed by atoms with Gasteiger partial charge in [-0.2, -0.15) is 0 Å². The predicted molar refractivity (Wildman–Crippen MR) is 131 cm³/mol. The Morgan fingerprint density at radius 3 is 2.12 bits per heavy atom. The number of nitrogens with zero attached hydrogens (tertiary/aromatic N) is 3. The number of carbonyl (C=O) groups is 1. The van der Waals surface area contributed by atoms with Gasteiger partial charge in [0, 0.05) is 25.5 Å². The van der Waals surface area contributed by atoms with Gasteiger partial charge in [0.1, 0.15) is 5.75 Å². The zero-order chi connectivity index (χ0) is 24.0. The van der Waals surface area contributed by atoms with Gasteiger partial charge in [-0.1, -0.05) is 48.4 Å². The Kier molecular flexibility index (Phi) is 7.69. The van der Waals surface area contributed by atoms with Gasteiger partial charge in [0.25, 0.3) is 0 Å². The Hall–Kier alpha value is -3.41. The number of ether oxygens (including phenoxy) is 1. The lowest BCUT2D eigenvalue weighted by atomic mass is 10.1. The third kappa shape index (κ3) is 6.78. The molecule has 3 aromatic rings. The Balaban J connectivity index is 1.74. The summed E-state index contributed by atoms with van der Waals surface area (Å²) in [6.07, 6.45) is 5.50. The van der Waals surface area contributed by atoms with Crippen LogP contribution in [0.3, 0.4) is 0 Å². The van der Waals surface area contributed by atoms with E-state index in [0.29, 0.717) is 5.75 Å². The van der Waals surface area contributed by atoms with Gasteiger partial charge in [0.05, 0.1) is 0 Å². The third-order valence-electron chi connectivity index (χ3n) is 5.52. The molecule has 0 saturated heterocycles. The molecule has 0 atom stereocenters. The Morgan fingerprint density at radius 1 is 0.970 bits per heavy atom. The minimum Gasteiger partial charge on any atom is -0.478 e. The smallest absolute Gasteiger partial charge is 0.347 e. The molecule has 0 aliphatic carbocycles. The van der Waals surface area contributed by atoms with E-state index in [2.05, 4.69) is 53.8 Å². The second-order valence-electron chi connectivity index (χ2n) is 8.97. The summed E-state index contributed by atoms with van der Waals surface area (Å²) < 4.78 is 5.61. The first-order valence-electron chi connectivity index (χ1n) is 11.3. The van der Waals surface area contributed by atoms with E-state index in [1.54, 1.807) is 0 Å². The summed E-state index contributed by atoms with van der Waals surface area (Å²) in [6, 6.07) is 14.2. The summed E-state index contributed by atoms with van der Waals surface area (Å²) in [7, 11) is 0. The van der Waals surface area contributed by atoms with Crippen LogP contribution in [0.25, 0.3) is 0 Å². The number of hydrogen-bond acceptors (Lipinski definition) is 5. The van der Waals surface area contributed by atoms with E-state index in [9.17, 15) is 9.90 Å². The van der Waals surface area contributed by atoms with Crippen molar-refractivity contribution in [1.29, 1.82) is 0 Å². The largest absolute Gasteiger partial charge is 0.478 e. The fourth-order valence-corrected chi connectivity index (χ4v) is 3.65. The third-order valence-corrected chi connectivity index (χ3v) is 5.52. The van der Waals surface area contributed by atoms with Gasteiger partial charge in [-0.15, -0.1) is 0 Å². The zero-order valence-electron chi connectivity index (χ0n) is 20.1. The first-order valence-corrected chi connectivity index (χ1v) is 11.3. The molecule has 0 radical (unpaired) electrons. The van der Waals surface area contributed by atoms with Crippen molar-refractivity contribution in [3.63, 3.8) is 0 Å². The number of aliphatic carboxylic acids is 1. The van der Waals surface area contributed by atoms with Crippen molar-refractivity contribution in [3.8, 4) is 5.75 Å². The predicted octanol–water partition coefficient (Wildman–Crippen LogP) is 5.15. The highest BCUT2D eigenvalue weighted by Crippen LogP contribution is 2.21. The van der Waals surface area contributed by atoms with Crippen molar-refractivity contribution in [1.82, 2.24) is 9.97 Å². The first kappa shape index (κ1) is 24.2. The van der Waals surface area contributed by atoms with Gasteiger partial charge >= 0.3 is 5.97 Å². The number of anilines is 1. The van der Waals surface area contributed by atoms with Crippen molar-refractivity contribution in [2.45, 2.75) is 59.6 Å². The van der Waals surface area contributed by atoms with E-state index in [0.717, 1.165) is 43.0 Å². The van der Waals surface area contributed by atoms with E-state index < -0.39 is 11.6 Å². The second-order valence-corrected chi connectivity index (χ2v) is 8.97. The molecule has 33 heavy (non-hydrogen) atoms. The molecule has 0 aliphatic rings.